The van der Waals surface area contributed by atoms with Crippen LogP contribution in [0, 0.1) is 18.3 Å². The van der Waals surface area contributed by atoms with Gasteiger partial charge in [0.1, 0.15) is 0 Å². The average molecular weight is 247 g/mol. The number of pyridine rings is 1. The monoisotopic (exact) mass is 247 g/mol. The van der Waals surface area contributed by atoms with Crippen molar-refractivity contribution in [1.29, 1.82) is 0 Å². The minimum Gasteiger partial charge on any atom is -0.396 e. The maximum Gasteiger partial charge on any atom is 0.152 e. The molecule has 0 amide bonds. The lowest BCUT2D eigenvalue weighted by atomic mass is 9.75. The van der Waals surface area contributed by atoms with Gasteiger partial charge in [-0.15, -0.1) is 0 Å². The van der Waals surface area contributed by atoms with Gasteiger partial charge in [0, 0.05) is 18.8 Å². The molecule has 18 heavy (non-hydrogen) atoms. The van der Waals surface area contributed by atoms with E-state index in [-0.39, 0.29) is 0 Å². The number of aromatic nitrogens is 1. The summed E-state index contributed by atoms with van der Waals surface area (Å²) in [4.78, 5) is 6.92. The van der Waals surface area contributed by atoms with Gasteiger partial charge in [0.2, 0.25) is 0 Å². The van der Waals surface area contributed by atoms with E-state index in [1.54, 1.807) is 0 Å². The fraction of sp³-hybridized carbons (Fsp3) is 0.667. The van der Waals surface area contributed by atoms with Crippen molar-refractivity contribution in [2.75, 3.05) is 23.7 Å². The van der Waals surface area contributed by atoms with E-state index in [2.05, 4.69) is 30.7 Å². The Bertz CT molecular complexity index is 412. The van der Waals surface area contributed by atoms with Crippen molar-refractivity contribution in [2.45, 2.75) is 40.5 Å². The highest BCUT2D eigenvalue weighted by Gasteiger charge is 2.29. The Morgan fingerprint density at radius 1 is 1.22 bits per heavy atom. The molecule has 0 atom stereocenters. The van der Waals surface area contributed by atoms with Crippen LogP contribution in [0.1, 0.15) is 39.3 Å². The Morgan fingerprint density at radius 2 is 1.83 bits per heavy atom. The molecule has 1 saturated heterocycles. The molecule has 0 unspecified atom stereocenters. The predicted molar refractivity (Wildman–Crippen MR) is 77.8 cm³/mol. The lowest BCUT2D eigenvalue weighted by molar-refractivity contribution is 0.199. The SMILES string of the molecule is Cc1ccc(N)c(N2CCC(C(C)(C)C)CC2)n1. The number of anilines is 2. The first-order valence-corrected chi connectivity index (χ1v) is 6.86. The third-order valence-corrected chi connectivity index (χ3v) is 4.06. The fourth-order valence-corrected chi connectivity index (χ4v) is 2.76. The molecule has 100 valence electrons. The lowest BCUT2D eigenvalue weighted by Crippen LogP contribution is -2.38. The van der Waals surface area contributed by atoms with E-state index in [1.807, 2.05) is 19.1 Å². The van der Waals surface area contributed by atoms with E-state index in [0.29, 0.717) is 5.41 Å². The summed E-state index contributed by atoms with van der Waals surface area (Å²) in [5, 5.41) is 0. The Balaban J connectivity index is 2.08. The van der Waals surface area contributed by atoms with Crippen LogP contribution in [0.2, 0.25) is 0 Å². The molecule has 1 aliphatic heterocycles. The molecule has 3 heteroatoms. The summed E-state index contributed by atoms with van der Waals surface area (Å²) in [6.45, 7) is 11.2. The largest absolute Gasteiger partial charge is 0.396 e. The van der Waals surface area contributed by atoms with Gasteiger partial charge in [-0.2, -0.15) is 0 Å². The molecule has 0 aromatic carbocycles. The molecular formula is C15H25N3. The second kappa shape index (κ2) is 4.79. The standard InChI is InChI=1S/C15H25N3/c1-11-5-6-13(16)14(17-11)18-9-7-12(8-10-18)15(2,3)4/h5-6,12H,7-10,16H2,1-4H3. The van der Waals surface area contributed by atoms with E-state index in [9.17, 15) is 0 Å². The van der Waals surface area contributed by atoms with Crippen molar-refractivity contribution in [1.82, 2.24) is 4.98 Å². The van der Waals surface area contributed by atoms with Crippen LogP contribution in [0.15, 0.2) is 12.1 Å². The molecule has 0 radical (unpaired) electrons. The van der Waals surface area contributed by atoms with E-state index in [1.165, 1.54) is 12.8 Å². The molecule has 0 aliphatic carbocycles. The quantitative estimate of drug-likeness (QED) is 0.828. The van der Waals surface area contributed by atoms with Crippen LogP contribution in [0.25, 0.3) is 0 Å². The van der Waals surface area contributed by atoms with Gasteiger partial charge in [-0.1, -0.05) is 20.8 Å². The Labute approximate surface area is 110 Å². The zero-order valence-electron chi connectivity index (χ0n) is 12.0. The van der Waals surface area contributed by atoms with Crippen LogP contribution in [0.4, 0.5) is 11.5 Å². The maximum absolute atomic E-state index is 6.04. The number of nitrogens with zero attached hydrogens (tertiary/aromatic N) is 2. The molecule has 0 spiro atoms. The smallest absolute Gasteiger partial charge is 0.152 e. The number of aryl methyl sites for hydroxylation is 1. The van der Waals surface area contributed by atoms with Gasteiger partial charge in [-0.25, -0.2) is 4.98 Å². The predicted octanol–water partition coefficient (Wildman–Crippen LogP) is 3.23. The minimum absolute atomic E-state index is 0.414. The highest BCUT2D eigenvalue weighted by atomic mass is 15.2. The number of nitrogen functional groups attached to an aromatic ring is 1. The second-order valence-electron chi connectivity index (χ2n) is 6.49. The third-order valence-electron chi connectivity index (χ3n) is 4.06. The molecular weight excluding hydrogens is 222 g/mol. The normalized spacial score (nSPS) is 18.1. The second-order valence-corrected chi connectivity index (χ2v) is 6.49. The van der Waals surface area contributed by atoms with Crippen LogP contribution in [0.5, 0.6) is 0 Å². The Morgan fingerprint density at radius 3 is 2.39 bits per heavy atom. The van der Waals surface area contributed by atoms with Gasteiger partial charge in [0.25, 0.3) is 0 Å². The molecule has 1 aromatic heterocycles. The van der Waals surface area contributed by atoms with E-state index in [4.69, 9.17) is 5.73 Å². The number of rotatable bonds is 1. The van der Waals surface area contributed by atoms with Crippen molar-refractivity contribution in [3.8, 4) is 0 Å². The highest BCUT2D eigenvalue weighted by Crippen LogP contribution is 2.36. The fourth-order valence-electron chi connectivity index (χ4n) is 2.76. The first-order valence-electron chi connectivity index (χ1n) is 6.86. The summed E-state index contributed by atoms with van der Waals surface area (Å²) in [6.07, 6.45) is 2.47. The molecule has 0 bridgehead atoms. The summed E-state index contributed by atoms with van der Waals surface area (Å²) in [5.41, 5.74) is 8.29. The van der Waals surface area contributed by atoms with Gasteiger partial charge in [-0.05, 0) is 43.2 Å². The molecule has 3 nitrogen and oxygen atoms in total. The molecule has 2 N–H and O–H groups in total. The number of hydrogen-bond donors (Lipinski definition) is 1. The minimum atomic E-state index is 0.414. The Hall–Kier alpha value is -1.25. The maximum atomic E-state index is 6.04. The topological polar surface area (TPSA) is 42.1 Å². The van der Waals surface area contributed by atoms with Crippen LogP contribution >= 0.6 is 0 Å². The summed E-state index contributed by atoms with van der Waals surface area (Å²) in [6, 6.07) is 3.94. The van der Waals surface area contributed by atoms with Crippen molar-refractivity contribution in [3.63, 3.8) is 0 Å². The van der Waals surface area contributed by atoms with Crippen molar-refractivity contribution in [2.24, 2.45) is 11.3 Å². The van der Waals surface area contributed by atoms with Crippen LogP contribution in [-0.2, 0) is 0 Å². The van der Waals surface area contributed by atoms with E-state index in [0.717, 1.165) is 36.2 Å². The van der Waals surface area contributed by atoms with Crippen molar-refractivity contribution >= 4 is 11.5 Å². The third kappa shape index (κ3) is 2.77. The first-order chi connectivity index (χ1) is 8.38. The van der Waals surface area contributed by atoms with Crippen LogP contribution in [-0.4, -0.2) is 18.1 Å². The summed E-state index contributed by atoms with van der Waals surface area (Å²) in [5.74, 6) is 1.78. The molecule has 2 heterocycles. The summed E-state index contributed by atoms with van der Waals surface area (Å²) >= 11 is 0. The molecule has 0 saturated carbocycles. The molecule has 2 rings (SSSR count). The first kappa shape index (κ1) is 13.2. The molecule has 1 fully saturated rings. The van der Waals surface area contributed by atoms with Gasteiger partial charge >= 0.3 is 0 Å². The van der Waals surface area contributed by atoms with Gasteiger partial charge in [-0.3, -0.25) is 0 Å². The van der Waals surface area contributed by atoms with E-state index >= 15 is 0 Å². The number of piperidine rings is 1. The Kier molecular flexibility index (Phi) is 3.51. The zero-order chi connectivity index (χ0) is 13.3. The van der Waals surface area contributed by atoms with E-state index < -0.39 is 0 Å². The van der Waals surface area contributed by atoms with Crippen LogP contribution in [0.3, 0.4) is 0 Å². The zero-order valence-corrected chi connectivity index (χ0v) is 12.0. The summed E-state index contributed by atoms with van der Waals surface area (Å²) in [7, 11) is 0. The highest BCUT2D eigenvalue weighted by molar-refractivity contribution is 5.63. The van der Waals surface area contributed by atoms with Gasteiger partial charge < -0.3 is 10.6 Å². The number of nitrogens with two attached hydrogens (primary N) is 1. The number of hydrogen-bond acceptors (Lipinski definition) is 3. The van der Waals surface area contributed by atoms with Gasteiger partial charge in [0.05, 0.1) is 5.69 Å². The lowest BCUT2D eigenvalue weighted by Gasteiger charge is -2.39. The van der Waals surface area contributed by atoms with Crippen molar-refractivity contribution in [3.05, 3.63) is 17.8 Å². The molecule has 1 aliphatic rings. The average Bonchev–Trinajstić information content (AvgIpc) is 2.31. The van der Waals surface area contributed by atoms with Crippen molar-refractivity contribution < 1.29 is 0 Å². The molecule has 1 aromatic rings. The van der Waals surface area contributed by atoms with Crippen LogP contribution < -0.4 is 10.6 Å². The summed E-state index contributed by atoms with van der Waals surface area (Å²) < 4.78 is 0. The van der Waals surface area contributed by atoms with Gasteiger partial charge in [0.15, 0.2) is 5.82 Å².